The van der Waals surface area contributed by atoms with Gasteiger partial charge in [0.1, 0.15) is 0 Å². The molecule has 0 spiro atoms. The van der Waals surface area contributed by atoms with Crippen LogP contribution in [0.25, 0.3) is 0 Å². The highest BCUT2D eigenvalue weighted by atomic mass is 35.5. The average Bonchev–Trinajstić information content (AvgIpc) is 2.66. The number of halogens is 1. The van der Waals surface area contributed by atoms with Crippen LogP contribution in [0.1, 0.15) is 22.5 Å². The van der Waals surface area contributed by atoms with Crippen molar-refractivity contribution < 1.29 is 4.74 Å². The summed E-state index contributed by atoms with van der Waals surface area (Å²) in [6.45, 7) is 4.05. The number of nitrogens with zero attached hydrogens (tertiary/aromatic N) is 2. The number of benzene rings is 1. The van der Waals surface area contributed by atoms with Crippen LogP contribution in [0.2, 0.25) is 5.02 Å². The van der Waals surface area contributed by atoms with Gasteiger partial charge in [-0.1, -0.05) is 35.9 Å². The van der Waals surface area contributed by atoms with Crippen molar-refractivity contribution in [2.24, 2.45) is 7.05 Å². The summed E-state index contributed by atoms with van der Waals surface area (Å²) in [6, 6.07) is 8.36. The lowest BCUT2D eigenvalue weighted by Crippen LogP contribution is -2.15. The molecule has 0 atom stereocenters. The van der Waals surface area contributed by atoms with Crippen LogP contribution in [0.4, 0.5) is 0 Å². The van der Waals surface area contributed by atoms with Gasteiger partial charge in [-0.3, -0.25) is 4.68 Å². The third-order valence-corrected chi connectivity index (χ3v) is 3.68. The van der Waals surface area contributed by atoms with Crippen molar-refractivity contribution in [3.8, 4) is 0 Å². The third kappa shape index (κ3) is 3.60. The number of aromatic nitrogens is 2. The fraction of sp³-hybridized carbons (Fsp3) is 0.400. The van der Waals surface area contributed by atoms with E-state index in [-0.39, 0.29) is 0 Å². The van der Waals surface area contributed by atoms with Crippen LogP contribution in [-0.2, 0) is 31.5 Å². The Hall–Kier alpha value is -1.36. The zero-order valence-electron chi connectivity index (χ0n) is 12.1. The Balaban J connectivity index is 1.94. The zero-order valence-corrected chi connectivity index (χ0v) is 12.9. The minimum absolute atomic E-state index is 0.639. The minimum Gasteiger partial charge on any atom is -0.380 e. The second-order valence-electron chi connectivity index (χ2n) is 4.83. The molecule has 2 aromatic rings. The maximum atomic E-state index is 6.22. The van der Waals surface area contributed by atoms with Gasteiger partial charge in [-0.25, -0.2) is 0 Å². The maximum absolute atomic E-state index is 6.22. The maximum Gasteiger partial charge on any atom is 0.0860 e. The first-order chi connectivity index (χ1) is 9.61. The van der Waals surface area contributed by atoms with Crippen LogP contribution in [0.3, 0.4) is 0 Å². The molecule has 4 nitrogen and oxygen atoms in total. The molecular formula is C15H20ClN3O. The lowest BCUT2D eigenvalue weighted by atomic mass is 10.1. The van der Waals surface area contributed by atoms with Gasteiger partial charge in [0.15, 0.2) is 0 Å². The molecule has 1 aromatic heterocycles. The second-order valence-corrected chi connectivity index (χ2v) is 5.20. The van der Waals surface area contributed by atoms with Crippen molar-refractivity contribution in [1.82, 2.24) is 15.1 Å². The average molecular weight is 294 g/mol. The Morgan fingerprint density at radius 2 is 2.05 bits per heavy atom. The monoisotopic (exact) mass is 293 g/mol. The summed E-state index contributed by atoms with van der Waals surface area (Å²) in [5.41, 5.74) is 4.29. The Morgan fingerprint density at radius 1 is 1.30 bits per heavy atom. The van der Waals surface area contributed by atoms with E-state index in [4.69, 9.17) is 16.3 Å². The van der Waals surface area contributed by atoms with E-state index in [0.29, 0.717) is 13.2 Å². The molecule has 0 aliphatic rings. The third-order valence-electron chi connectivity index (χ3n) is 3.19. The van der Waals surface area contributed by atoms with E-state index in [1.54, 1.807) is 7.11 Å². The lowest BCUT2D eigenvalue weighted by molar-refractivity contribution is 0.185. The molecule has 0 aliphatic heterocycles. The highest BCUT2D eigenvalue weighted by Crippen LogP contribution is 2.19. The Morgan fingerprint density at radius 3 is 2.70 bits per heavy atom. The molecule has 0 unspecified atom stereocenters. The first-order valence-electron chi connectivity index (χ1n) is 6.57. The van der Waals surface area contributed by atoms with Crippen LogP contribution in [0.15, 0.2) is 24.3 Å². The molecule has 5 heteroatoms. The van der Waals surface area contributed by atoms with Gasteiger partial charge in [0, 0.05) is 27.2 Å². The Labute approximate surface area is 124 Å². The largest absolute Gasteiger partial charge is 0.380 e. The smallest absolute Gasteiger partial charge is 0.0860 e. The van der Waals surface area contributed by atoms with Crippen LogP contribution in [-0.4, -0.2) is 16.9 Å². The van der Waals surface area contributed by atoms with Crippen molar-refractivity contribution in [3.05, 3.63) is 51.8 Å². The standard InChI is InChI=1S/C15H20ClN3O/c1-11-15(16)14(19(2)18-11)9-17-8-12-5-4-6-13(7-12)10-20-3/h4-7,17H,8-10H2,1-3H3. The van der Waals surface area contributed by atoms with Crippen LogP contribution < -0.4 is 5.32 Å². The molecule has 1 heterocycles. The van der Waals surface area contributed by atoms with Gasteiger partial charge in [-0.15, -0.1) is 0 Å². The molecule has 2 rings (SSSR count). The highest BCUT2D eigenvalue weighted by molar-refractivity contribution is 6.31. The van der Waals surface area contributed by atoms with Gasteiger partial charge in [-0.05, 0) is 18.1 Å². The van der Waals surface area contributed by atoms with Crippen molar-refractivity contribution in [2.45, 2.75) is 26.6 Å². The van der Waals surface area contributed by atoms with Crippen molar-refractivity contribution >= 4 is 11.6 Å². The number of aryl methyl sites for hydroxylation is 2. The number of hydrogen-bond acceptors (Lipinski definition) is 3. The number of hydrogen-bond donors (Lipinski definition) is 1. The van der Waals surface area contributed by atoms with Crippen molar-refractivity contribution in [3.63, 3.8) is 0 Å². The van der Waals surface area contributed by atoms with Crippen LogP contribution >= 0.6 is 11.6 Å². The predicted molar refractivity (Wildman–Crippen MR) is 80.7 cm³/mol. The van der Waals surface area contributed by atoms with Gasteiger partial charge >= 0.3 is 0 Å². The van der Waals surface area contributed by atoms with Crippen molar-refractivity contribution in [2.75, 3.05) is 7.11 Å². The van der Waals surface area contributed by atoms with Gasteiger partial charge in [0.2, 0.25) is 0 Å². The molecule has 0 saturated carbocycles. The van der Waals surface area contributed by atoms with Crippen LogP contribution in [0.5, 0.6) is 0 Å². The first-order valence-corrected chi connectivity index (χ1v) is 6.95. The highest BCUT2D eigenvalue weighted by Gasteiger charge is 2.10. The summed E-state index contributed by atoms with van der Waals surface area (Å²) in [7, 11) is 3.62. The van der Waals surface area contributed by atoms with E-state index < -0.39 is 0 Å². The summed E-state index contributed by atoms with van der Waals surface area (Å²) >= 11 is 6.22. The molecule has 0 radical (unpaired) electrons. The second kappa shape index (κ2) is 6.88. The van der Waals surface area contributed by atoms with Gasteiger partial charge in [0.05, 0.1) is 23.0 Å². The number of rotatable bonds is 6. The molecular weight excluding hydrogens is 274 g/mol. The van der Waals surface area contributed by atoms with E-state index in [9.17, 15) is 0 Å². The fourth-order valence-corrected chi connectivity index (χ4v) is 2.42. The molecule has 0 bridgehead atoms. The van der Waals surface area contributed by atoms with E-state index in [2.05, 4.69) is 28.6 Å². The van der Waals surface area contributed by atoms with E-state index in [1.807, 2.05) is 24.7 Å². The number of nitrogens with one attached hydrogen (secondary N) is 1. The summed E-state index contributed by atoms with van der Waals surface area (Å²) in [5.74, 6) is 0. The predicted octanol–water partition coefficient (Wildman–Crippen LogP) is 2.82. The van der Waals surface area contributed by atoms with E-state index in [0.717, 1.165) is 23.0 Å². The summed E-state index contributed by atoms with van der Waals surface area (Å²) in [4.78, 5) is 0. The molecule has 20 heavy (non-hydrogen) atoms. The normalized spacial score (nSPS) is 11.0. The SMILES string of the molecule is COCc1cccc(CNCc2c(Cl)c(C)nn2C)c1. The van der Waals surface area contributed by atoms with E-state index in [1.165, 1.54) is 11.1 Å². The molecule has 0 saturated heterocycles. The molecule has 0 fully saturated rings. The molecule has 1 aromatic carbocycles. The van der Waals surface area contributed by atoms with Gasteiger partial charge in [0.25, 0.3) is 0 Å². The fourth-order valence-electron chi connectivity index (χ4n) is 2.19. The topological polar surface area (TPSA) is 39.1 Å². The van der Waals surface area contributed by atoms with E-state index >= 15 is 0 Å². The minimum atomic E-state index is 0.639. The number of methoxy groups -OCH3 is 1. The van der Waals surface area contributed by atoms with Crippen LogP contribution in [0, 0.1) is 6.92 Å². The Bertz CT molecular complexity index is 580. The number of ether oxygens (including phenoxy) is 1. The first kappa shape index (κ1) is 15.0. The zero-order chi connectivity index (χ0) is 14.5. The molecule has 0 aliphatic carbocycles. The summed E-state index contributed by atoms with van der Waals surface area (Å²) in [5, 5.41) is 8.44. The van der Waals surface area contributed by atoms with Gasteiger partial charge in [-0.2, -0.15) is 5.10 Å². The quantitative estimate of drug-likeness (QED) is 0.890. The van der Waals surface area contributed by atoms with Crippen molar-refractivity contribution in [1.29, 1.82) is 0 Å². The van der Waals surface area contributed by atoms with Gasteiger partial charge < -0.3 is 10.1 Å². The molecule has 0 amide bonds. The molecule has 108 valence electrons. The summed E-state index contributed by atoms with van der Waals surface area (Å²) < 4.78 is 6.97. The summed E-state index contributed by atoms with van der Waals surface area (Å²) in [6.07, 6.45) is 0. The Kier molecular flexibility index (Phi) is 5.17. The molecule has 1 N–H and O–H groups in total. The lowest BCUT2D eigenvalue weighted by Gasteiger charge is -2.07.